The molecule has 2 N–H and O–H groups in total. The Morgan fingerprint density at radius 1 is 1.09 bits per heavy atom. The van der Waals surface area contributed by atoms with Crippen molar-refractivity contribution in [2.45, 2.75) is 51.6 Å². The van der Waals surface area contributed by atoms with Gasteiger partial charge in [0.15, 0.2) is 0 Å². The van der Waals surface area contributed by atoms with Crippen LogP contribution in [0.2, 0.25) is 5.02 Å². The maximum Gasteiger partial charge on any atom is 0.305 e. The molecule has 0 saturated carbocycles. The summed E-state index contributed by atoms with van der Waals surface area (Å²) in [5.41, 5.74) is 1.64. The zero-order valence-electron chi connectivity index (χ0n) is 19.0. The van der Waals surface area contributed by atoms with Gasteiger partial charge in [0.1, 0.15) is 12.4 Å². The average molecular weight is 482 g/mol. The van der Waals surface area contributed by atoms with Gasteiger partial charge >= 0.3 is 5.97 Å². The van der Waals surface area contributed by atoms with Gasteiger partial charge in [-0.25, -0.2) is 4.98 Å². The first kappa shape index (κ1) is 25.2. The maximum absolute atomic E-state index is 13.0. The molecule has 1 amide bonds. The Morgan fingerprint density at radius 3 is 2.44 bits per heavy atom. The van der Waals surface area contributed by atoms with E-state index in [0.29, 0.717) is 28.5 Å². The quantitative estimate of drug-likeness (QED) is 0.389. The van der Waals surface area contributed by atoms with E-state index in [0.717, 1.165) is 24.8 Å². The van der Waals surface area contributed by atoms with Gasteiger partial charge in [-0.05, 0) is 24.1 Å². The lowest BCUT2D eigenvalue weighted by Gasteiger charge is -2.19. The zero-order valence-corrected chi connectivity index (χ0v) is 19.8. The highest BCUT2D eigenvalue weighted by atomic mass is 35.5. The highest BCUT2D eigenvalue weighted by Gasteiger charge is 2.20. The summed E-state index contributed by atoms with van der Waals surface area (Å²) in [6.07, 6.45) is 3.11. The number of hydrogen-bond donors (Lipinski definition) is 2. The summed E-state index contributed by atoms with van der Waals surface area (Å²) >= 11 is 5.98. The fourth-order valence-electron chi connectivity index (χ4n) is 3.71. The van der Waals surface area contributed by atoms with Gasteiger partial charge < -0.3 is 10.4 Å². The van der Waals surface area contributed by atoms with E-state index >= 15 is 0 Å². The summed E-state index contributed by atoms with van der Waals surface area (Å²) in [5.74, 6) is -0.953. The molecule has 0 aliphatic carbocycles. The molecule has 1 aromatic heterocycles. The van der Waals surface area contributed by atoms with Crippen molar-refractivity contribution in [3.05, 3.63) is 87.4 Å². The van der Waals surface area contributed by atoms with Crippen LogP contribution in [0.5, 0.6) is 0 Å². The van der Waals surface area contributed by atoms with Crippen molar-refractivity contribution in [2.75, 3.05) is 0 Å². The number of aromatic nitrogens is 2. The summed E-state index contributed by atoms with van der Waals surface area (Å²) in [6.45, 7) is 1.85. The summed E-state index contributed by atoms with van der Waals surface area (Å²) in [7, 11) is 0. The van der Waals surface area contributed by atoms with Crippen molar-refractivity contribution < 1.29 is 14.7 Å². The minimum Gasteiger partial charge on any atom is -0.481 e. The van der Waals surface area contributed by atoms with Crippen molar-refractivity contribution in [2.24, 2.45) is 0 Å². The van der Waals surface area contributed by atoms with Gasteiger partial charge in [-0.15, -0.1) is 0 Å². The topological polar surface area (TPSA) is 101 Å². The molecule has 3 aromatic rings. The second kappa shape index (κ2) is 12.1. The smallest absolute Gasteiger partial charge is 0.305 e. The Balaban J connectivity index is 1.87. The van der Waals surface area contributed by atoms with E-state index in [1.165, 1.54) is 10.6 Å². The molecule has 7 nitrogen and oxygen atoms in total. The van der Waals surface area contributed by atoms with E-state index in [9.17, 15) is 19.5 Å². The van der Waals surface area contributed by atoms with E-state index < -0.39 is 17.9 Å². The number of carboxylic acid groups (broad SMARTS) is 1. The Morgan fingerprint density at radius 2 is 1.79 bits per heavy atom. The van der Waals surface area contributed by atoms with E-state index in [-0.39, 0.29) is 18.5 Å². The molecule has 0 fully saturated rings. The first-order chi connectivity index (χ1) is 16.4. The van der Waals surface area contributed by atoms with Crippen molar-refractivity contribution in [3.8, 4) is 11.3 Å². The molecular formula is C26H28ClN3O4. The first-order valence-electron chi connectivity index (χ1n) is 11.3. The third-order valence-electron chi connectivity index (χ3n) is 5.45. The molecule has 0 spiro atoms. The lowest BCUT2D eigenvalue weighted by Crippen LogP contribution is -2.37. The van der Waals surface area contributed by atoms with Crippen LogP contribution in [-0.4, -0.2) is 26.5 Å². The molecule has 178 valence electrons. The third-order valence-corrected chi connectivity index (χ3v) is 5.70. The average Bonchev–Trinajstić information content (AvgIpc) is 2.81. The van der Waals surface area contributed by atoms with Gasteiger partial charge in [0.25, 0.3) is 5.56 Å². The monoisotopic (exact) mass is 481 g/mol. The Hall–Kier alpha value is -3.45. The van der Waals surface area contributed by atoms with Gasteiger partial charge in [0.2, 0.25) is 5.91 Å². The molecule has 2 aromatic carbocycles. The number of aliphatic carboxylic acids is 1. The molecule has 34 heavy (non-hydrogen) atoms. The molecular weight excluding hydrogens is 454 g/mol. The fourth-order valence-corrected chi connectivity index (χ4v) is 3.84. The Bertz CT molecular complexity index is 1180. The predicted molar refractivity (Wildman–Crippen MR) is 132 cm³/mol. The number of nitrogens with zero attached hydrogens (tertiary/aromatic N) is 2. The highest BCUT2D eigenvalue weighted by Crippen LogP contribution is 2.20. The molecule has 0 bridgehead atoms. The number of unbranched alkanes of at least 4 members (excludes halogenated alkanes) is 2. The summed E-state index contributed by atoms with van der Waals surface area (Å²) < 4.78 is 1.37. The molecule has 8 heteroatoms. The van der Waals surface area contributed by atoms with Crippen LogP contribution in [-0.2, 0) is 22.6 Å². The Kier molecular flexibility index (Phi) is 8.99. The Labute approximate surface area is 203 Å². The highest BCUT2D eigenvalue weighted by molar-refractivity contribution is 6.30. The SMILES string of the molecule is CCCCCc1nc(-c2ccc(Cl)cc2)cc(=O)n1CC(=O)NC(CC(=O)O)c1ccccc1. The summed E-state index contributed by atoms with van der Waals surface area (Å²) in [4.78, 5) is 42.0. The molecule has 0 radical (unpaired) electrons. The number of rotatable bonds is 11. The van der Waals surface area contributed by atoms with Gasteiger partial charge in [-0.1, -0.05) is 73.8 Å². The molecule has 3 rings (SSSR count). The van der Waals surface area contributed by atoms with Gasteiger partial charge in [0.05, 0.1) is 18.2 Å². The molecule has 1 unspecified atom stereocenters. The normalized spacial score (nSPS) is 11.7. The maximum atomic E-state index is 13.0. The molecule has 0 saturated heterocycles. The first-order valence-corrected chi connectivity index (χ1v) is 11.7. The molecule has 0 aliphatic rings. The standard InChI is InChI=1S/C26H28ClN3O4/c1-2-3-5-10-23-28-21(19-11-13-20(27)14-12-19)15-25(32)30(23)17-24(31)29-22(16-26(33)34)18-8-6-4-7-9-18/h4,6-9,11-15,22H,2-3,5,10,16-17H2,1H3,(H,29,31)(H,33,34). The van der Waals surface area contributed by atoms with Crippen LogP contribution in [0.1, 0.15) is 50.0 Å². The summed E-state index contributed by atoms with van der Waals surface area (Å²) in [6, 6.07) is 16.7. The number of benzene rings is 2. The molecule has 1 heterocycles. The van der Waals surface area contributed by atoms with E-state index in [4.69, 9.17) is 11.6 Å². The van der Waals surface area contributed by atoms with E-state index in [2.05, 4.69) is 17.2 Å². The fraction of sp³-hybridized carbons (Fsp3) is 0.308. The zero-order chi connectivity index (χ0) is 24.5. The van der Waals surface area contributed by atoms with Gasteiger partial charge in [-0.2, -0.15) is 0 Å². The minimum absolute atomic E-state index is 0.239. The predicted octanol–water partition coefficient (Wildman–Crippen LogP) is 4.63. The van der Waals surface area contributed by atoms with Crippen LogP contribution in [0.4, 0.5) is 0 Å². The number of halogens is 1. The molecule has 1 atom stereocenters. The van der Waals surface area contributed by atoms with E-state index in [1.807, 2.05) is 6.07 Å². The van der Waals surface area contributed by atoms with Crippen molar-refractivity contribution >= 4 is 23.5 Å². The van der Waals surface area contributed by atoms with Crippen LogP contribution < -0.4 is 10.9 Å². The lowest BCUT2D eigenvalue weighted by atomic mass is 10.0. The number of carboxylic acids is 1. The van der Waals surface area contributed by atoms with Gasteiger partial charge in [0, 0.05) is 23.1 Å². The van der Waals surface area contributed by atoms with Crippen molar-refractivity contribution in [3.63, 3.8) is 0 Å². The number of amides is 1. The second-order valence-corrected chi connectivity index (χ2v) is 8.51. The van der Waals surface area contributed by atoms with Gasteiger partial charge in [-0.3, -0.25) is 19.0 Å². The largest absolute Gasteiger partial charge is 0.481 e. The number of aryl methyl sites for hydroxylation is 1. The van der Waals surface area contributed by atoms with Crippen LogP contribution >= 0.6 is 11.6 Å². The third kappa shape index (κ3) is 7.02. The van der Waals surface area contributed by atoms with Crippen molar-refractivity contribution in [1.29, 1.82) is 0 Å². The van der Waals surface area contributed by atoms with Crippen LogP contribution in [0, 0.1) is 0 Å². The minimum atomic E-state index is -1.03. The van der Waals surface area contributed by atoms with Crippen molar-refractivity contribution in [1.82, 2.24) is 14.9 Å². The number of nitrogens with one attached hydrogen (secondary N) is 1. The second-order valence-electron chi connectivity index (χ2n) is 8.07. The van der Waals surface area contributed by atoms with Crippen LogP contribution in [0.25, 0.3) is 11.3 Å². The molecule has 0 aliphatic heterocycles. The summed E-state index contributed by atoms with van der Waals surface area (Å²) in [5, 5.41) is 12.6. The number of carbonyl (C=O) groups is 2. The van der Waals surface area contributed by atoms with E-state index in [1.54, 1.807) is 48.5 Å². The number of hydrogen-bond acceptors (Lipinski definition) is 4. The van der Waals surface area contributed by atoms with Crippen LogP contribution in [0.3, 0.4) is 0 Å². The van der Waals surface area contributed by atoms with Crippen LogP contribution in [0.15, 0.2) is 65.5 Å². The number of carbonyl (C=O) groups excluding carboxylic acids is 1. The lowest BCUT2D eigenvalue weighted by molar-refractivity contribution is -0.137.